The SMILES string of the molecule is CC(C)c1cccc(C(C)C)c1N1C(=O)c2ccc3cc4c(cc5ccc6c7c(ccc4c57)C(=O)N(c4c(C(C)C)cccc4C(C)C)C6=O)c4ccc(c2c34)C1=O. The molecule has 8 aromatic carbocycles. The molecular formula is C52H44N2O4. The largest absolute Gasteiger partial charge is 0.268 e. The van der Waals surface area contributed by atoms with Crippen LogP contribution >= 0.6 is 0 Å². The second-order valence-electron chi connectivity index (χ2n) is 17.4. The smallest absolute Gasteiger partial charge is 0.266 e. The minimum Gasteiger partial charge on any atom is -0.268 e. The average molecular weight is 761 g/mol. The molecule has 2 aliphatic heterocycles. The molecule has 2 aliphatic rings. The first-order valence-electron chi connectivity index (χ1n) is 20.5. The van der Waals surface area contributed by atoms with Gasteiger partial charge in [-0.1, -0.05) is 116 Å². The number of rotatable bonds is 6. The maximum Gasteiger partial charge on any atom is 0.266 e. The first-order chi connectivity index (χ1) is 27.8. The van der Waals surface area contributed by atoms with E-state index in [2.05, 4.69) is 67.5 Å². The Kier molecular flexibility index (Phi) is 7.78. The highest BCUT2D eigenvalue weighted by Crippen LogP contribution is 2.48. The molecule has 286 valence electrons. The van der Waals surface area contributed by atoms with E-state index in [0.717, 1.165) is 65.3 Å². The average Bonchev–Trinajstić information content (AvgIpc) is 3.20. The van der Waals surface area contributed by atoms with E-state index in [-0.39, 0.29) is 47.3 Å². The summed E-state index contributed by atoms with van der Waals surface area (Å²) in [4.78, 5) is 61.4. The van der Waals surface area contributed by atoms with Crippen LogP contribution in [0.2, 0.25) is 0 Å². The molecule has 0 saturated carbocycles. The molecule has 10 rings (SSSR count). The molecule has 0 aromatic heterocycles. The standard InChI is InChI=1S/C52H44N2O4/c1-25(2)31-11-9-12-32(26(3)4)47(31)53-49(55)37-17-15-29-23-42-36-20-22-40-46-38(50(56)54(52(40)58)48-33(27(5)6)13-10-14-34(48)28(7)8)18-16-30(44(36)46)24-41(42)35-19-21-39(51(53)57)45(37)43(29)35/h9-28H,1-8H3. The van der Waals surface area contributed by atoms with Gasteiger partial charge in [0, 0.05) is 33.0 Å². The quantitative estimate of drug-likeness (QED) is 0.0961. The summed E-state index contributed by atoms with van der Waals surface area (Å²) < 4.78 is 0. The summed E-state index contributed by atoms with van der Waals surface area (Å²) in [5.74, 6) is -0.818. The van der Waals surface area contributed by atoms with E-state index in [0.29, 0.717) is 44.4 Å². The van der Waals surface area contributed by atoms with Gasteiger partial charge >= 0.3 is 0 Å². The van der Waals surface area contributed by atoms with Gasteiger partial charge < -0.3 is 0 Å². The first-order valence-corrected chi connectivity index (χ1v) is 20.5. The fraction of sp³-hybridized carbons (Fsp3) is 0.231. The predicted molar refractivity (Wildman–Crippen MR) is 237 cm³/mol. The number of fused-ring (bicyclic) bond motifs is 3. The molecule has 0 spiro atoms. The molecule has 0 radical (unpaired) electrons. The van der Waals surface area contributed by atoms with Crippen molar-refractivity contribution in [1.82, 2.24) is 0 Å². The van der Waals surface area contributed by atoms with Crippen LogP contribution in [-0.2, 0) is 0 Å². The molecule has 4 amide bonds. The molecule has 0 aliphatic carbocycles. The van der Waals surface area contributed by atoms with E-state index in [1.165, 1.54) is 9.80 Å². The molecule has 0 fully saturated rings. The summed E-state index contributed by atoms with van der Waals surface area (Å²) in [5.41, 5.74) is 7.31. The predicted octanol–water partition coefficient (Wildman–Crippen LogP) is 13.0. The number of benzene rings is 8. The van der Waals surface area contributed by atoms with Crippen molar-refractivity contribution in [3.8, 4) is 0 Å². The molecular weight excluding hydrogens is 717 g/mol. The summed E-state index contributed by atoms with van der Waals surface area (Å²) >= 11 is 0. The van der Waals surface area contributed by atoms with Crippen LogP contribution in [0, 0.1) is 0 Å². The van der Waals surface area contributed by atoms with Crippen molar-refractivity contribution in [1.29, 1.82) is 0 Å². The van der Waals surface area contributed by atoms with Gasteiger partial charge in [0.1, 0.15) is 0 Å². The number of anilines is 2. The number of amides is 4. The summed E-state index contributed by atoms with van der Waals surface area (Å²) in [6.45, 7) is 16.7. The van der Waals surface area contributed by atoms with Gasteiger partial charge in [-0.05, 0) is 125 Å². The van der Waals surface area contributed by atoms with Crippen molar-refractivity contribution in [3.05, 3.63) is 142 Å². The molecule has 0 saturated heterocycles. The van der Waals surface area contributed by atoms with E-state index in [4.69, 9.17) is 0 Å². The highest BCUT2D eigenvalue weighted by atomic mass is 16.2. The Labute approximate surface area is 337 Å². The third-order valence-electron chi connectivity index (χ3n) is 12.7. The molecule has 58 heavy (non-hydrogen) atoms. The zero-order valence-electron chi connectivity index (χ0n) is 34.1. The van der Waals surface area contributed by atoms with Gasteiger partial charge in [0.2, 0.25) is 0 Å². The molecule has 0 N–H and O–H groups in total. The third kappa shape index (κ3) is 4.72. The minimum absolute atomic E-state index is 0.107. The van der Waals surface area contributed by atoms with Crippen molar-refractivity contribution >= 4 is 88.9 Å². The summed E-state index contributed by atoms with van der Waals surface area (Å²) in [7, 11) is 0. The van der Waals surface area contributed by atoms with Crippen molar-refractivity contribution in [2.75, 3.05) is 9.80 Å². The zero-order valence-corrected chi connectivity index (χ0v) is 34.1. The van der Waals surface area contributed by atoms with E-state index in [9.17, 15) is 19.2 Å². The second-order valence-corrected chi connectivity index (χ2v) is 17.4. The Hall–Kier alpha value is -6.40. The van der Waals surface area contributed by atoms with Crippen LogP contribution in [-0.4, -0.2) is 23.6 Å². The van der Waals surface area contributed by atoms with E-state index in [1.807, 2.05) is 84.9 Å². The van der Waals surface area contributed by atoms with Crippen molar-refractivity contribution in [2.24, 2.45) is 0 Å². The number of carbonyl (C=O) groups excluding carboxylic acids is 4. The lowest BCUT2D eigenvalue weighted by Crippen LogP contribution is -2.41. The number of imide groups is 2. The van der Waals surface area contributed by atoms with Crippen LogP contribution in [0.5, 0.6) is 0 Å². The Morgan fingerprint density at radius 2 is 0.638 bits per heavy atom. The molecule has 2 heterocycles. The molecule has 6 heteroatoms. The van der Waals surface area contributed by atoms with Crippen molar-refractivity contribution < 1.29 is 19.2 Å². The number of carbonyl (C=O) groups is 4. The maximum atomic E-state index is 14.7. The lowest BCUT2D eigenvalue weighted by molar-refractivity contribution is 0.0877. The topological polar surface area (TPSA) is 74.8 Å². The number of para-hydroxylation sites is 2. The fourth-order valence-electron chi connectivity index (χ4n) is 9.97. The van der Waals surface area contributed by atoms with Crippen LogP contribution < -0.4 is 9.80 Å². The molecule has 8 aromatic rings. The van der Waals surface area contributed by atoms with E-state index in [1.54, 1.807) is 0 Å². The maximum absolute atomic E-state index is 14.7. The van der Waals surface area contributed by atoms with Gasteiger partial charge in [-0.3, -0.25) is 19.2 Å². The second kappa shape index (κ2) is 12.5. The summed E-state index contributed by atoms with van der Waals surface area (Å²) in [6.07, 6.45) is 0. The number of hydrogen-bond donors (Lipinski definition) is 0. The van der Waals surface area contributed by atoms with Gasteiger partial charge in [-0.15, -0.1) is 0 Å². The van der Waals surface area contributed by atoms with E-state index >= 15 is 0 Å². The lowest BCUT2D eigenvalue weighted by Gasteiger charge is -2.33. The Balaban J connectivity index is 1.18. The lowest BCUT2D eigenvalue weighted by atomic mass is 9.83. The third-order valence-corrected chi connectivity index (χ3v) is 12.7. The van der Waals surface area contributed by atoms with Gasteiger partial charge in [0.05, 0.1) is 11.4 Å². The minimum atomic E-state index is -0.312. The first kappa shape index (κ1) is 36.0. The van der Waals surface area contributed by atoms with Gasteiger partial charge in [0.25, 0.3) is 23.6 Å². The molecule has 6 nitrogen and oxygen atoms in total. The van der Waals surface area contributed by atoms with E-state index < -0.39 is 0 Å². The summed E-state index contributed by atoms with van der Waals surface area (Å²) in [6, 6.07) is 31.9. The van der Waals surface area contributed by atoms with Crippen molar-refractivity contribution in [3.63, 3.8) is 0 Å². The van der Waals surface area contributed by atoms with Crippen LogP contribution in [0.15, 0.2) is 97.1 Å². The Morgan fingerprint density at radius 1 is 0.345 bits per heavy atom. The van der Waals surface area contributed by atoms with Crippen LogP contribution in [0.25, 0.3) is 53.9 Å². The van der Waals surface area contributed by atoms with Crippen molar-refractivity contribution in [2.45, 2.75) is 79.1 Å². The molecule has 0 unspecified atom stereocenters. The fourth-order valence-corrected chi connectivity index (χ4v) is 9.97. The normalized spacial score (nSPS) is 14.6. The van der Waals surface area contributed by atoms with Crippen LogP contribution in [0.3, 0.4) is 0 Å². The molecule has 0 bridgehead atoms. The number of hydrogen-bond acceptors (Lipinski definition) is 4. The highest BCUT2D eigenvalue weighted by Gasteiger charge is 2.40. The Morgan fingerprint density at radius 3 is 0.931 bits per heavy atom. The molecule has 0 atom stereocenters. The zero-order chi connectivity index (χ0) is 40.6. The van der Waals surface area contributed by atoms with Gasteiger partial charge in [0.15, 0.2) is 0 Å². The van der Waals surface area contributed by atoms with Crippen LogP contribution in [0.4, 0.5) is 11.4 Å². The number of nitrogens with zero attached hydrogens (tertiary/aromatic N) is 2. The van der Waals surface area contributed by atoms with Gasteiger partial charge in [-0.2, -0.15) is 0 Å². The monoisotopic (exact) mass is 760 g/mol. The Bertz CT molecular complexity index is 2860. The highest BCUT2D eigenvalue weighted by molar-refractivity contribution is 6.43. The van der Waals surface area contributed by atoms with Gasteiger partial charge in [-0.25, -0.2) is 9.80 Å². The summed E-state index contributed by atoms with van der Waals surface area (Å²) in [5, 5.41) is 8.79. The van der Waals surface area contributed by atoms with Crippen LogP contribution in [0.1, 0.15) is 143 Å².